The van der Waals surface area contributed by atoms with Crippen LogP contribution in [0.1, 0.15) is 22.4 Å². The Hall–Kier alpha value is -3.79. The van der Waals surface area contributed by atoms with Gasteiger partial charge in [0.15, 0.2) is 17.2 Å². The first kappa shape index (κ1) is 20.1. The number of rotatable bonds is 3. The van der Waals surface area contributed by atoms with Crippen LogP contribution >= 0.6 is 0 Å². The van der Waals surface area contributed by atoms with Gasteiger partial charge >= 0.3 is 5.97 Å². The Balaban J connectivity index is 1.90. The summed E-state index contributed by atoms with van der Waals surface area (Å²) in [5, 5.41) is 3.89. The Morgan fingerprint density at radius 3 is 2.56 bits per heavy atom. The molecule has 0 fully saturated rings. The van der Waals surface area contributed by atoms with E-state index >= 15 is 0 Å². The summed E-state index contributed by atoms with van der Waals surface area (Å²) in [4.78, 5) is 13.1. The summed E-state index contributed by atoms with van der Waals surface area (Å²) < 4.78 is 49.6. The highest BCUT2D eigenvalue weighted by atomic mass is 32.2. The third-order valence-electron chi connectivity index (χ3n) is 5.47. The van der Waals surface area contributed by atoms with Crippen LogP contribution in [-0.2, 0) is 19.6 Å². The Morgan fingerprint density at radius 1 is 1.09 bits per heavy atom. The highest BCUT2D eigenvalue weighted by Gasteiger charge is 2.44. The third kappa shape index (κ3) is 2.79. The second-order valence-corrected chi connectivity index (χ2v) is 9.00. The number of ether oxygens (including phenoxy) is 3. The van der Waals surface area contributed by atoms with Crippen molar-refractivity contribution in [3.8, 4) is 11.5 Å². The maximum absolute atomic E-state index is 13.7. The summed E-state index contributed by atoms with van der Waals surface area (Å²) in [6.07, 6.45) is 0. The van der Waals surface area contributed by atoms with Gasteiger partial charge in [0.25, 0.3) is 10.0 Å². The van der Waals surface area contributed by atoms with Gasteiger partial charge in [-0.05, 0) is 37.6 Å². The lowest BCUT2D eigenvalue weighted by Gasteiger charge is -2.31. The van der Waals surface area contributed by atoms with Crippen LogP contribution in [0.5, 0.6) is 11.5 Å². The quantitative estimate of drug-likeness (QED) is 0.556. The summed E-state index contributed by atoms with van der Waals surface area (Å²) in [6.45, 7) is 3.44. The summed E-state index contributed by atoms with van der Waals surface area (Å²) >= 11 is 0. The molecule has 0 N–H and O–H groups in total. The number of methoxy groups -OCH3 is 1. The van der Waals surface area contributed by atoms with Crippen molar-refractivity contribution in [2.24, 2.45) is 0 Å². The Bertz CT molecular complexity index is 1410. The second-order valence-electron chi connectivity index (χ2n) is 7.25. The van der Waals surface area contributed by atoms with E-state index in [1.54, 1.807) is 50.2 Å². The highest BCUT2D eigenvalue weighted by Crippen LogP contribution is 2.45. The Morgan fingerprint density at radius 2 is 1.84 bits per heavy atom. The van der Waals surface area contributed by atoms with E-state index in [-0.39, 0.29) is 23.3 Å². The van der Waals surface area contributed by atoms with E-state index in [0.29, 0.717) is 39.5 Å². The van der Waals surface area contributed by atoms with Gasteiger partial charge in [-0.2, -0.15) is 4.31 Å². The number of anilines is 1. The molecule has 164 valence electrons. The summed E-state index contributed by atoms with van der Waals surface area (Å²) in [6, 6.07) is 11.6. The number of carbonyl (C=O) groups excluding carboxylic acids is 1. The number of benzene rings is 2. The first-order valence-corrected chi connectivity index (χ1v) is 11.1. The van der Waals surface area contributed by atoms with E-state index in [0.717, 1.165) is 4.31 Å². The molecule has 0 amide bonds. The molecule has 0 unspecified atom stereocenters. The molecule has 0 spiro atoms. The van der Waals surface area contributed by atoms with E-state index in [4.69, 9.17) is 18.7 Å². The van der Waals surface area contributed by atoms with Gasteiger partial charge in [0.1, 0.15) is 0 Å². The lowest BCUT2D eigenvalue weighted by atomic mass is 9.94. The molecule has 0 atom stereocenters. The molecule has 32 heavy (non-hydrogen) atoms. The molecule has 2 aliphatic heterocycles. The van der Waals surface area contributed by atoms with Crippen molar-refractivity contribution in [2.75, 3.05) is 18.2 Å². The number of aryl methyl sites for hydroxylation is 1. The molecule has 3 aromatic rings. The minimum atomic E-state index is -4.22. The van der Waals surface area contributed by atoms with Crippen molar-refractivity contribution < 1.29 is 31.9 Å². The topological polar surface area (TPSA) is 108 Å². The van der Waals surface area contributed by atoms with E-state index in [2.05, 4.69) is 5.16 Å². The molecule has 2 aliphatic rings. The molecule has 3 heterocycles. The maximum atomic E-state index is 13.7. The zero-order valence-corrected chi connectivity index (χ0v) is 18.2. The number of carbonyl (C=O) groups is 1. The van der Waals surface area contributed by atoms with Crippen LogP contribution in [0.25, 0.3) is 5.57 Å². The molecule has 1 aromatic heterocycles. The summed E-state index contributed by atoms with van der Waals surface area (Å²) in [5.74, 6) is 0.132. The van der Waals surface area contributed by atoms with Crippen molar-refractivity contribution in [3.05, 3.63) is 70.5 Å². The van der Waals surface area contributed by atoms with Gasteiger partial charge < -0.3 is 18.7 Å². The first-order valence-electron chi connectivity index (χ1n) is 9.65. The molecule has 0 bridgehead atoms. The van der Waals surface area contributed by atoms with Crippen molar-refractivity contribution in [3.63, 3.8) is 0 Å². The van der Waals surface area contributed by atoms with Crippen LogP contribution in [-0.4, -0.2) is 33.4 Å². The number of aromatic nitrogens is 1. The van der Waals surface area contributed by atoms with Crippen molar-refractivity contribution in [2.45, 2.75) is 18.7 Å². The summed E-state index contributed by atoms with van der Waals surface area (Å²) in [5.41, 5.74) is 2.05. The minimum absolute atomic E-state index is 0.0220. The van der Waals surface area contributed by atoms with Gasteiger partial charge in [-0.3, -0.25) is 0 Å². The van der Waals surface area contributed by atoms with Gasteiger partial charge in [-0.15, -0.1) is 0 Å². The lowest BCUT2D eigenvalue weighted by Crippen LogP contribution is -2.39. The molecule has 0 saturated heterocycles. The average molecular weight is 454 g/mol. The molecular weight excluding hydrogens is 436 g/mol. The standard InChI is InChI=1S/C22H18N2O7S/c1-12-13(2)23-31-21(12)24-20(22(25)28-3)19(14-8-9-16-17(10-14)30-11-29-16)15-6-4-5-7-18(15)32(24,26)27/h4-10H,11H2,1-3H3. The lowest BCUT2D eigenvalue weighted by molar-refractivity contribution is -0.136. The predicted octanol–water partition coefficient (Wildman–Crippen LogP) is 3.16. The van der Waals surface area contributed by atoms with E-state index in [9.17, 15) is 13.2 Å². The van der Waals surface area contributed by atoms with Crippen LogP contribution in [0.4, 0.5) is 5.88 Å². The van der Waals surface area contributed by atoms with Crippen LogP contribution in [0.2, 0.25) is 0 Å². The highest BCUT2D eigenvalue weighted by molar-refractivity contribution is 7.93. The van der Waals surface area contributed by atoms with Crippen LogP contribution in [0.3, 0.4) is 0 Å². The monoisotopic (exact) mass is 454 g/mol. The largest absolute Gasteiger partial charge is 0.464 e. The van der Waals surface area contributed by atoms with Gasteiger partial charge in [0, 0.05) is 16.7 Å². The van der Waals surface area contributed by atoms with Gasteiger partial charge in [0.2, 0.25) is 12.7 Å². The zero-order valence-electron chi connectivity index (χ0n) is 17.4. The first-order chi connectivity index (χ1) is 15.3. The fraction of sp³-hybridized carbons (Fsp3) is 0.182. The summed E-state index contributed by atoms with van der Waals surface area (Å²) in [7, 11) is -3.03. The van der Waals surface area contributed by atoms with Crippen molar-refractivity contribution in [1.82, 2.24) is 5.16 Å². The molecule has 0 radical (unpaired) electrons. The Labute approximate surface area is 183 Å². The van der Waals surface area contributed by atoms with Crippen molar-refractivity contribution >= 4 is 27.4 Å². The molecule has 5 rings (SSSR count). The molecule has 2 aromatic carbocycles. The number of esters is 1. The number of nitrogens with zero attached hydrogens (tertiary/aromatic N) is 2. The van der Waals surface area contributed by atoms with Crippen LogP contribution in [0.15, 0.2) is 57.6 Å². The smallest absolute Gasteiger partial charge is 0.356 e. The third-order valence-corrected chi connectivity index (χ3v) is 7.21. The van der Waals surface area contributed by atoms with Gasteiger partial charge in [-0.25, -0.2) is 13.2 Å². The normalized spacial score (nSPS) is 16.2. The molecule has 9 nitrogen and oxygen atoms in total. The maximum Gasteiger partial charge on any atom is 0.356 e. The number of fused-ring (bicyclic) bond motifs is 2. The van der Waals surface area contributed by atoms with Crippen LogP contribution in [0, 0.1) is 13.8 Å². The van der Waals surface area contributed by atoms with Gasteiger partial charge in [0.05, 0.1) is 17.7 Å². The zero-order chi connectivity index (χ0) is 22.6. The SMILES string of the molecule is COC(=O)C1=C(c2ccc3c(c2)OCO3)c2ccccc2S(=O)(=O)N1c1onc(C)c1C. The fourth-order valence-corrected chi connectivity index (χ4v) is 5.47. The number of hydrogen-bond acceptors (Lipinski definition) is 8. The van der Waals surface area contributed by atoms with Crippen LogP contribution < -0.4 is 13.8 Å². The molecule has 0 saturated carbocycles. The molecule has 10 heteroatoms. The van der Waals surface area contributed by atoms with Crippen molar-refractivity contribution in [1.29, 1.82) is 0 Å². The predicted molar refractivity (Wildman–Crippen MR) is 113 cm³/mol. The second kappa shape index (κ2) is 7.13. The van der Waals surface area contributed by atoms with E-state index < -0.39 is 16.0 Å². The number of hydrogen-bond donors (Lipinski definition) is 0. The van der Waals surface area contributed by atoms with Gasteiger partial charge in [-0.1, -0.05) is 29.4 Å². The molecular formula is C22H18N2O7S. The average Bonchev–Trinajstić information content (AvgIpc) is 3.39. The fourth-order valence-electron chi connectivity index (χ4n) is 3.78. The van der Waals surface area contributed by atoms with E-state index in [1.165, 1.54) is 13.2 Å². The minimum Gasteiger partial charge on any atom is -0.464 e. The Kier molecular flexibility index (Phi) is 4.48. The molecule has 0 aliphatic carbocycles. The number of sulfonamides is 1. The van der Waals surface area contributed by atoms with E-state index in [1.807, 2.05) is 0 Å².